The molecule has 3 unspecified atom stereocenters. The number of carbonyl (C=O) groups is 2. The Morgan fingerprint density at radius 3 is 2.94 bits per heavy atom. The number of nitrogens with one attached hydrogen (secondary N) is 3. The van der Waals surface area contributed by atoms with Gasteiger partial charge in [0.2, 0.25) is 11.8 Å². The molecule has 2 rings (SSSR count). The van der Waals surface area contributed by atoms with E-state index in [4.69, 9.17) is 0 Å². The predicted molar refractivity (Wildman–Crippen MR) is 64.3 cm³/mol. The molecule has 5 heteroatoms. The van der Waals surface area contributed by atoms with Gasteiger partial charge in [-0.2, -0.15) is 0 Å². The van der Waals surface area contributed by atoms with Crippen molar-refractivity contribution < 1.29 is 9.59 Å². The summed E-state index contributed by atoms with van der Waals surface area (Å²) in [7, 11) is 0. The summed E-state index contributed by atoms with van der Waals surface area (Å²) in [6.45, 7) is 4.49. The highest BCUT2D eigenvalue weighted by Gasteiger charge is 2.26. The topological polar surface area (TPSA) is 70.2 Å². The zero-order chi connectivity index (χ0) is 12.3. The molecular formula is C12H21N3O2. The lowest BCUT2D eigenvalue weighted by Gasteiger charge is -2.27. The maximum Gasteiger partial charge on any atom is 0.224 e. The second kappa shape index (κ2) is 5.49. The Labute approximate surface area is 102 Å². The molecule has 2 saturated heterocycles. The molecule has 17 heavy (non-hydrogen) atoms. The zero-order valence-electron chi connectivity index (χ0n) is 10.3. The maximum absolute atomic E-state index is 11.9. The molecule has 0 saturated carbocycles. The third kappa shape index (κ3) is 3.43. The monoisotopic (exact) mass is 239 g/mol. The van der Waals surface area contributed by atoms with Gasteiger partial charge in [-0.25, -0.2) is 0 Å². The third-order valence-electron chi connectivity index (χ3n) is 3.55. The molecule has 2 amide bonds. The number of hydrogen-bond acceptors (Lipinski definition) is 3. The van der Waals surface area contributed by atoms with Crippen LogP contribution in [0.5, 0.6) is 0 Å². The number of rotatable bonds is 3. The fourth-order valence-corrected chi connectivity index (χ4v) is 2.55. The maximum atomic E-state index is 11.9. The van der Waals surface area contributed by atoms with E-state index in [1.54, 1.807) is 0 Å². The normalized spacial score (nSPS) is 33.2. The summed E-state index contributed by atoms with van der Waals surface area (Å²) in [4.78, 5) is 22.9. The molecule has 0 spiro atoms. The minimum atomic E-state index is 0.0795. The van der Waals surface area contributed by atoms with E-state index in [1.807, 2.05) is 0 Å². The van der Waals surface area contributed by atoms with Crippen LogP contribution in [0, 0.1) is 11.8 Å². The first kappa shape index (κ1) is 12.4. The first-order valence-electron chi connectivity index (χ1n) is 6.43. The first-order chi connectivity index (χ1) is 8.15. The van der Waals surface area contributed by atoms with E-state index in [0.29, 0.717) is 18.9 Å². The molecular weight excluding hydrogens is 218 g/mol. The van der Waals surface area contributed by atoms with Gasteiger partial charge < -0.3 is 16.0 Å². The van der Waals surface area contributed by atoms with Crippen LogP contribution in [0.2, 0.25) is 0 Å². The largest absolute Gasteiger partial charge is 0.354 e. The molecule has 0 aromatic heterocycles. The van der Waals surface area contributed by atoms with E-state index in [1.165, 1.54) is 0 Å². The van der Waals surface area contributed by atoms with E-state index in [0.717, 1.165) is 25.9 Å². The first-order valence-corrected chi connectivity index (χ1v) is 6.43. The van der Waals surface area contributed by atoms with Gasteiger partial charge in [0, 0.05) is 25.6 Å². The average molecular weight is 239 g/mol. The molecule has 3 atom stereocenters. The molecule has 0 radical (unpaired) electrons. The van der Waals surface area contributed by atoms with Crippen LogP contribution in [-0.2, 0) is 9.59 Å². The predicted octanol–water partition coefficient (Wildman–Crippen LogP) is -0.373. The van der Waals surface area contributed by atoms with Gasteiger partial charge in [-0.05, 0) is 25.3 Å². The van der Waals surface area contributed by atoms with Crippen LogP contribution in [0.4, 0.5) is 0 Å². The fourth-order valence-electron chi connectivity index (χ4n) is 2.55. The number of hydrogen-bond donors (Lipinski definition) is 3. The van der Waals surface area contributed by atoms with Crippen LogP contribution in [0.3, 0.4) is 0 Å². The molecule has 2 aliphatic heterocycles. The highest BCUT2D eigenvalue weighted by atomic mass is 16.2. The molecule has 2 aliphatic rings. The fraction of sp³-hybridized carbons (Fsp3) is 0.833. The van der Waals surface area contributed by atoms with E-state index in [9.17, 15) is 9.59 Å². The summed E-state index contributed by atoms with van der Waals surface area (Å²) < 4.78 is 0. The highest BCUT2D eigenvalue weighted by molar-refractivity contribution is 5.80. The van der Waals surface area contributed by atoms with E-state index in [2.05, 4.69) is 22.9 Å². The standard InChI is InChI=1S/C12H21N3O2/c1-8-4-9(6-13-5-8)12(17)14-7-10-2-3-11(16)15-10/h8-10,13H,2-7H2,1H3,(H,14,17)(H,15,16). The molecule has 96 valence electrons. The van der Waals surface area contributed by atoms with Crippen molar-refractivity contribution in [1.82, 2.24) is 16.0 Å². The Morgan fingerprint density at radius 1 is 1.47 bits per heavy atom. The summed E-state index contributed by atoms with van der Waals surface area (Å²) in [6.07, 6.45) is 2.37. The van der Waals surface area contributed by atoms with Crippen molar-refractivity contribution in [2.45, 2.75) is 32.2 Å². The van der Waals surface area contributed by atoms with E-state index in [-0.39, 0.29) is 23.8 Å². The van der Waals surface area contributed by atoms with Crippen molar-refractivity contribution in [2.75, 3.05) is 19.6 Å². The Bertz CT molecular complexity index is 306. The lowest BCUT2D eigenvalue weighted by Crippen LogP contribution is -2.46. The number of amides is 2. The van der Waals surface area contributed by atoms with Crippen LogP contribution in [0.15, 0.2) is 0 Å². The molecule has 2 heterocycles. The molecule has 0 aromatic rings. The van der Waals surface area contributed by atoms with E-state index >= 15 is 0 Å². The molecule has 0 aromatic carbocycles. The van der Waals surface area contributed by atoms with Crippen molar-refractivity contribution in [2.24, 2.45) is 11.8 Å². The summed E-state index contributed by atoms with van der Waals surface area (Å²) in [5.74, 6) is 0.851. The van der Waals surface area contributed by atoms with Gasteiger partial charge in [0.25, 0.3) is 0 Å². The minimum Gasteiger partial charge on any atom is -0.354 e. The van der Waals surface area contributed by atoms with E-state index < -0.39 is 0 Å². The van der Waals surface area contributed by atoms with Crippen LogP contribution < -0.4 is 16.0 Å². The molecule has 3 N–H and O–H groups in total. The number of piperidine rings is 1. The Kier molecular flexibility index (Phi) is 3.99. The second-order valence-corrected chi connectivity index (χ2v) is 5.24. The van der Waals surface area contributed by atoms with Gasteiger partial charge in [-0.1, -0.05) is 6.92 Å². The van der Waals surface area contributed by atoms with Crippen LogP contribution in [0.1, 0.15) is 26.2 Å². The average Bonchev–Trinajstić information content (AvgIpc) is 2.72. The summed E-state index contributed by atoms with van der Waals surface area (Å²) >= 11 is 0. The molecule has 2 fully saturated rings. The van der Waals surface area contributed by atoms with Crippen LogP contribution in [-0.4, -0.2) is 37.5 Å². The summed E-state index contributed by atoms with van der Waals surface area (Å²) in [6, 6.07) is 0.125. The SMILES string of the molecule is CC1CNCC(C(=O)NCC2CCC(=O)N2)C1. The van der Waals surface area contributed by atoms with Crippen LogP contribution >= 0.6 is 0 Å². The Hall–Kier alpha value is -1.10. The molecule has 0 aliphatic carbocycles. The van der Waals surface area contributed by atoms with Crippen molar-refractivity contribution >= 4 is 11.8 Å². The highest BCUT2D eigenvalue weighted by Crippen LogP contribution is 2.15. The van der Waals surface area contributed by atoms with Gasteiger partial charge in [-0.3, -0.25) is 9.59 Å². The Morgan fingerprint density at radius 2 is 2.29 bits per heavy atom. The third-order valence-corrected chi connectivity index (χ3v) is 3.55. The zero-order valence-corrected chi connectivity index (χ0v) is 10.3. The van der Waals surface area contributed by atoms with Crippen molar-refractivity contribution in [3.8, 4) is 0 Å². The second-order valence-electron chi connectivity index (χ2n) is 5.24. The van der Waals surface area contributed by atoms with Gasteiger partial charge in [-0.15, -0.1) is 0 Å². The molecule has 5 nitrogen and oxygen atoms in total. The summed E-state index contributed by atoms with van der Waals surface area (Å²) in [5, 5.41) is 9.06. The van der Waals surface area contributed by atoms with Gasteiger partial charge >= 0.3 is 0 Å². The molecule has 0 bridgehead atoms. The van der Waals surface area contributed by atoms with Gasteiger partial charge in [0.05, 0.1) is 5.92 Å². The van der Waals surface area contributed by atoms with Gasteiger partial charge in [0.15, 0.2) is 0 Å². The Balaban J connectivity index is 1.71. The summed E-state index contributed by atoms with van der Waals surface area (Å²) in [5.41, 5.74) is 0. The smallest absolute Gasteiger partial charge is 0.224 e. The van der Waals surface area contributed by atoms with Gasteiger partial charge in [0.1, 0.15) is 0 Å². The quantitative estimate of drug-likeness (QED) is 0.629. The lowest BCUT2D eigenvalue weighted by molar-refractivity contribution is -0.126. The van der Waals surface area contributed by atoms with Crippen molar-refractivity contribution in [3.63, 3.8) is 0 Å². The number of carbonyl (C=O) groups excluding carboxylic acids is 2. The van der Waals surface area contributed by atoms with Crippen molar-refractivity contribution in [1.29, 1.82) is 0 Å². The van der Waals surface area contributed by atoms with Crippen LogP contribution in [0.25, 0.3) is 0 Å². The lowest BCUT2D eigenvalue weighted by atomic mass is 9.91. The van der Waals surface area contributed by atoms with Crippen molar-refractivity contribution in [3.05, 3.63) is 0 Å². The minimum absolute atomic E-state index is 0.0795.